The standard InChI is InChI=1S/C24H31ClN6O2/c1-33-23(32)20-5-3-2-4-18(20)15-27-10-8-17-6-7-19(25)14-21(17)24(31-13-12-29-30-31)9-11-28-16-22(24)26/h2-7,12,14,22,27-28,30H,8-11,13,15-16,26H2,1H3. The van der Waals surface area contributed by atoms with Gasteiger partial charge < -0.3 is 21.1 Å². The number of nitrogens with one attached hydrogen (secondary N) is 3. The molecule has 0 spiro atoms. The Morgan fingerprint density at radius 3 is 2.94 bits per heavy atom. The van der Waals surface area contributed by atoms with Crippen LogP contribution in [0.3, 0.4) is 0 Å². The number of esters is 1. The predicted molar refractivity (Wildman–Crippen MR) is 130 cm³/mol. The molecule has 0 aliphatic carbocycles. The number of methoxy groups -OCH3 is 1. The lowest BCUT2D eigenvalue weighted by atomic mass is 9.75. The molecule has 5 N–H and O–H groups in total. The molecular weight excluding hydrogens is 440 g/mol. The number of piperidine rings is 1. The van der Waals surface area contributed by atoms with Gasteiger partial charge in [-0.1, -0.05) is 35.9 Å². The number of nitrogens with two attached hydrogens (primary N) is 1. The molecule has 8 nitrogen and oxygen atoms in total. The molecule has 1 saturated heterocycles. The van der Waals surface area contributed by atoms with Gasteiger partial charge in [0.1, 0.15) is 0 Å². The monoisotopic (exact) mass is 470 g/mol. The molecule has 2 unspecified atom stereocenters. The van der Waals surface area contributed by atoms with E-state index in [1.54, 1.807) is 6.07 Å². The molecule has 0 radical (unpaired) electrons. The quantitative estimate of drug-likeness (QED) is 0.344. The summed E-state index contributed by atoms with van der Waals surface area (Å²) in [6.45, 7) is 3.57. The topological polar surface area (TPSA) is 104 Å². The highest BCUT2D eigenvalue weighted by Crippen LogP contribution is 2.39. The number of halogens is 1. The summed E-state index contributed by atoms with van der Waals surface area (Å²) < 4.78 is 4.90. The first-order valence-electron chi connectivity index (χ1n) is 11.2. The summed E-state index contributed by atoms with van der Waals surface area (Å²) in [4.78, 5) is 12.0. The van der Waals surface area contributed by atoms with E-state index in [1.165, 1.54) is 12.7 Å². The molecule has 33 heavy (non-hydrogen) atoms. The fourth-order valence-corrected chi connectivity index (χ4v) is 5.00. The molecule has 1 fully saturated rings. The lowest BCUT2D eigenvalue weighted by Crippen LogP contribution is -2.66. The van der Waals surface area contributed by atoms with E-state index >= 15 is 0 Å². The normalized spacial score (nSPS) is 22.8. The largest absolute Gasteiger partial charge is 0.465 e. The van der Waals surface area contributed by atoms with Gasteiger partial charge in [0.15, 0.2) is 0 Å². The first-order chi connectivity index (χ1) is 16.1. The minimum Gasteiger partial charge on any atom is -0.465 e. The van der Waals surface area contributed by atoms with E-state index in [4.69, 9.17) is 22.1 Å². The van der Waals surface area contributed by atoms with E-state index in [1.807, 2.05) is 30.5 Å². The van der Waals surface area contributed by atoms with Gasteiger partial charge in [-0.15, -0.1) is 0 Å². The van der Waals surface area contributed by atoms with E-state index in [9.17, 15) is 4.79 Å². The Morgan fingerprint density at radius 2 is 2.18 bits per heavy atom. The number of hydrogen-bond acceptors (Lipinski definition) is 8. The molecule has 2 heterocycles. The third kappa shape index (κ3) is 4.90. The molecule has 2 aromatic carbocycles. The van der Waals surface area contributed by atoms with Gasteiger partial charge in [0.05, 0.1) is 24.8 Å². The molecular formula is C24H31ClN6O2. The van der Waals surface area contributed by atoms with Crippen LogP contribution in [0.4, 0.5) is 0 Å². The fourth-order valence-electron chi connectivity index (χ4n) is 4.83. The van der Waals surface area contributed by atoms with Crippen molar-refractivity contribution in [1.29, 1.82) is 0 Å². The summed E-state index contributed by atoms with van der Waals surface area (Å²) in [5.74, 6) is -0.324. The Hall–Kier alpha value is -2.49. The summed E-state index contributed by atoms with van der Waals surface area (Å²) in [7, 11) is 1.40. The second-order valence-electron chi connectivity index (χ2n) is 8.38. The molecule has 9 heteroatoms. The van der Waals surface area contributed by atoms with E-state index in [-0.39, 0.29) is 12.0 Å². The van der Waals surface area contributed by atoms with Crippen molar-refractivity contribution >= 4 is 23.8 Å². The molecule has 0 amide bonds. The molecule has 0 bridgehead atoms. The highest BCUT2D eigenvalue weighted by Gasteiger charge is 2.47. The van der Waals surface area contributed by atoms with Gasteiger partial charge in [0.2, 0.25) is 0 Å². The first kappa shape index (κ1) is 23.7. The molecule has 2 aliphatic heterocycles. The highest BCUT2D eigenvalue weighted by molar-refractivity contribution is 6.30. The number of hydrogen-bond donors (Lipinski definition) is 4. The molecule has 0 saturated carbocycles. The molecule has 176 valence electrons. The van der Waals surface area contributed by atoms with Crippen molar-refractivity contribution in [2.24, 2.45) is 10.8 Å². The van der Waals surface area contributed by atoms with Crippen LogP contribution in [0.5, 0.6) is 0 Å². The second kappa shape index (κ2) is 10.6. The van der Waals surface area contributed by atoms with Crippen LogP contribution in [0, 0.1) is 0 Å². The van der Waals surface area contributed by atoms with Crippen molar-refractivity contribution in [1.82, 2.24) is 21.2 Å². The summed E-state index contributed by atoms with van der Waals surface area (Å²) in [6.07, 6.45) is 3.50. The van der Waals surface area contributed by atoms with Crippen molar-refractivity contribution in [3.8, 4) is 0 Å². The van der Waals surface area contributed by atoms with Gasteiger partial charge in [-0.25, -0.2) is 10.3 Å². The zero-order valence-corrected chi connectivity index (χ0v) is 19.6. The van der Waals surface area contributed by atoms with Gasteiger partial charge in [0.25, 0.3) is 0 Å². The minimum atomic E-state index is -0.417. The van der Waals surface area contributed by atoms with Crippen molar-refractivity contribution in [2.75, 3.05) is 33.3 Å². The predicted octanol–water partition coefficient (Wildman–Crippen LogP) is 1.78. The Kier molecular flexibility index (Phi) is 7.62. The van der Waals surface area contributed by atoms with Crippen LogP contribution in [0.25, 0.3) is 0 Å². The summed E-state index contributed by atoms with van der Waals surface area (Å²) in [6, 6.07) is 13.4. The summed E-state index contributed by atoms with van der Waals surface area (Å²) in [5, 5.41) is 13.9. The van der Waals surface area contributed by atoms with E-state index in [0.29, 0.717) is 30.2 Å². The number of nitrogens with zero attached hydrogens (tertiary/aromatic N) is 2. The van der Waals surface area contributed by atoms with Crippen molar-refractivity contribution in [3.63, 3.8) is 0 Å². The second-order valence-corrected chi connectivity index (χ2v) is 8.82. The minimum absolute atomic E-state index is 0.127. The average molecular weight is 471 g/mol. The van der Waals surface area contributed by atoms with Crippen LogP contribution >= 0.6 is 11.6 Å². The Balaban J connectivity index is 1.53. The third-order valence-electron chi connectivity index (χ3n) is 6.52. The van der Waals surface area contributed by atoms with Gasteiger partial charge in [-0.05, 0) is 60.8 Å². The summed E-state index contributed by atoms with van der Waals surface area (Å²) >= 11 is 6.47. The molecule has 4 rings (SSSR count). The maximum atomic E-state index is 12.0. The maximum Gasteiger partial charge on any atom is 0.338 e. The van der Waals surface area contributed by atoms with Crippen LogP contribution in [0.2, 0.25) is 5.02 Å². The Morgan fingerprint density at radius 1 is 1.33 bits per heavy atom. The van der Waals surface area contributed by atoms with Crippen LogP contribution in [0.15, 0.2) is 47.6 Å². The lowest BCUT2D eigenvalue weighted by molar-refractivity contribution is 0.0146. The van der Waals surface area contributed by atoms with Crippen LogP contribution in [0.1, 0.15) is 33.5 Å². The van der Waals surface area contributed by atoms with Crippen molar-refractivity contribution in [2.45, 2.75) is 31.0 Å². The lowest BCUT2D eigenvalue weighted by Gasteiger charge is -2.49. The number of benzene rings is 2. The van der Waals surface area contributed by atoms with Gasteiger partial charge in [-0.3, -0.25) is 0 Å². The number of ether oxygens (including phenoxy) is 1. The average Bonchev–Trinajstić information content (AvgIpc) is 3.38. The third-order valence-corrected chi connectivity index (χ3v) is 6.76. The molecule has 2 aliphatic rings. The number of carbonyl (C=O) groups is 1. The van der Waals surface area contributed by atoms with E-state index < -0.39 is 5.54 Å². The van der Waals surface area contributed by atoms with Crippen LogP contribution in [-0.4, -0.2) is 56.5 Å². The number of hydrazone groups is 1. The van der Waals surface area contributed by atoms with Crippen LogP contribution < -0.4 is 21.9 Å². The van der Waals surface area contributed by atoms with E-state index in [2.05, 4.69) is 38.4 Å². The van der Waals surface area contributed by atoms with Crippen LogP contribution in [-0.2, 0) is 23.2 Å². The SMILES string of the molecule is COC(=O)c1ccccc1CNCCc1ccc(Cl)cc1C1(N2CC=NN2)CCNCC1N. The molecule has 0 aromatic heterocycles. The fraction of sp³-hybridized carbons (Fsp3) is 0.417. The van der Waals surface area contributed by atoms with Gasteiger partial charge in [-0.2, -0.15) is 10.1 Å². The number of hydrazine groups is 1. The first-order valence-corrected chi connectivity index (χ1v) is 11.6. The van der Waals surface area contributed by atoms with Gasteiger partial charge in [0, 0.05) is 30.4 Å². The van der Waals surface area contributed by atoms with Crippen molar-refractivity contribution < 1.29 is 9.53 Å². The zero-order valence-electron chi connectivity index (χ0n) is 18.8. The summed E-state index contributed by atoms with van der Waals surface area (Å²) in [5.41, 5.74) is 13.3. The van der Waals surface area contributed by atoms with E-state index in [0.717, 1.165) is 37.1 Å². The zero-order chi connectivity index (χ0) is 23.3. The van der Waals surface area contributed by atoms with Gasteiger partial charge >= 0.3 is 5.97 Å². The smallest absolute Gasteiger partial charge is 0.338 e. The Bertz CT molecular complexity index is 1010. The number of rotatable bonds is 8. The van der Waals surface area contributed by atoms with Crippen molar-refractivity contribution in [3.05, 3.63) is 69.7 Å². The maximum absolute atomic E-state index is 12.0. The Labute approximate surface area is 199 Å². The molecule has 2 aromatic rings. The highest BCUT2D eigenvalue weighted by atomic mass is 35.5. The molecule has 2 atom stereocenters. The number of carbonyl (C=O) groups excluding carboxylic acids is 1.